The van der Waals surface area contributed by atoms with Crippen LogP contribution >= 0.6 is 0 Å². The molecule has 0 bridgehead atoms. The molecule has 0 atom stereocenters. The summed E-state index contributed by atoms with van der Waals surface area (Å²) in [6.45, 7) is 0. The number of hydrogen-bond acceptors (Lipinski definition) is 4. The van der Waals surface area contributed by atoms with Gasteiger partial charge >= 0.3 is 92.5 Å². The molecule has 0 saturated carbocycles. The molecule has 2 rings (SSSR count). The van der Waals surface area contributed by atoms with Gasteiger partial charge in [0.25, 0.3) is 0 Å². The average molecular weight is 316 g/mol. The third-order valence-corrected chi connectivity index (χ3v) is 7.74. The van der Waals surface area contributed by atoms with Crippen LogP contribution in [0.2, 0.25) is 0 Å². The fraction of sp³-hybridized carbons (Fsp3) is 0. The van der Waals surface area contributed by atoms with E-state index in [0.29, 0.717) is 26.3 Å². The van der Waals surface area contributed by atoms with Crippen LogP contribution in [-0.2, 0) is 0 Å². The maximum absolute atomic E-state index is 4.04. The van der Waals surface area contributed by atoms with Gasteiger partial charge in [-0.25, -0.2) is 0 Å². The van der Waals surface area contributed by atoms with Crippen LogP contribution in [0.25, 0.3) is 0 Å². The van der Waals surface area contributed by atoms with Crippen molar-refractivity contribution in [3.8, 4) is 0 Å². The van der Waals surface area contributed by atoms with Crippen molar-refractivity contribution in [2.45, 2.75) is 0 Å². The number of rotatable bonds is 3. The van der Waals surface area contributed by atoms with Gasteiger partial charge in [0.15, 0.2) is 0 Å². The zero-order valence-electron chi connectivity index (χ0n) is 7.07. The maximum atomic E-state index is 4.04. The fourth-order valence-electron chi connectivity index (χ4n) is 0.749. The Kier molecular flexibility index (Phi) is 3.60. The molecule has 2 heterocycles. The standard InChI is InChI=1S/C8H6N4Se2/c1-3-7(11-9-5-1)13-14-8-4-2-6-10-12-8/h1-6H. The van der Waals surface area contributed by atoms with E-state index in [1.807, 2.05) is 24.3 Å². The van der Waals surface area contributed by atoms with Gasteiger partial charge in [0.05, 0.1) is 0 Å². The van der Waals surface area contributed by atoms with Crippen molar-refractivity contribution in [3.63, 3.8) is 0 Å². The van der Waals surface area contributed by atoms with Crippen molar-refractivity contribution in [2.75, 3.05) is 0 Å². The zero-order valence-corrected chi connectivity index (χ0v) is 10.5. The molecular weight excluding hydrogens is 310 g/mol. The van der Waals surface area contributed by atoms with Gasteiger partial charge in [0, 0.05) is 0 Å². The molecule has 4 nitrogen and oxygen atoms in total. The summed E-state index contributed by atoms with van der Waals surface area (Å²) in [6, 6.07) is 7.84. The molecule has 0 saturated heterocycles. The Morgan fingerprint density at radius 1 is 0.786 bits per heavy atom. The molecule has 0 fully saturated rings. The van der Waals surface area contributed by atoms with E-state index in [-0.39, 0.29) is 0 Å². The van der Waals surface area contributed by atoms with E-state index in [1.54, 1.807) is 12.4 Å². The molecule has 0 aliphatic rings. The molecule has 0 N–H and O–H groups in total. The molecule has 2 aromatic heterocycles. The zero-order chi connectivity index (χ0) is 9.64. The summed E-state index contributed by atoms with van der Waals surface area (Å²) >= 11 is 0.717. The Labute approximate surface area is 92.4 Å². The normalized spacial score (nSPS) is 10.0. The first-order valence-electron chi connectivity index (χ1n) is 3.85. The third kappa shape index (κ3) is 2.86. The number of nitrogens with zero attached hydrogens (tertiary/aromatic N) is 4. The second-order valence-corrected chi connectivity index (χ2v) is 8.38. The molecule has 0 spiro atoms. The minimum absolute atomic E-state index is 0.358. The summed E-state index contributed by atoms with van der Waals surface area (Å²) in [7, 11) is 0. The van der Waals surface area contributed by atoms with Crippen molar-refractivity contribution in [3.05, 3.63) is 36.7 Å². The van der Waals surface area contributed by atoms with E-state index in [9.17, 15) is 0 Å². The van der Waals surface area contributed by atoms with Gasteiger partial charge < -0.3 is 0 Å². The quantitative estimate of drug-likeness (QED) is 0.650. The van der Waals surface area contributed by atoms with E-state index >= 15 is 0 Å². The van der Waals surface area contributed by atoms with Crippen LogP contribution in [0, 0.1) is 0 Å². The van der Waals surface area contributed by atoms with Gasteiger partial charge in [0.2, 0.25) is 0 Å². The van der Waals surface area contributed by atoms with Crippen LogP contribution in [-0.4, -0.2) is 46.7 Å². The van der Waals surface area contributed by atoms with Crippen LogP contribution in [0.1, 0.15) is 0 Å². The van der Waals surface area contributed by atoms with Gasteiger partial charge in [0.1, 0.15) is 0 Å². The Hall–Kier alpha value is -0.801. The Balaban J connectivity index is 1.96. The molecule has 6 heteroatoms. The van der Waals surface area contributed by atoms with Crippen LogP contribution in [0.4, 0.5) is 0 Å². The summed E-state index contributed by atoms with van der Waals surface area (Å²) in [5.74, 6) is 0. The first kappa shape index (κ1) is 9.74. The van der Waals surface area contributed by atoms with Crippen molar-refractivity contribution in [2.24, 2.45) is 0 Å². The Bertz CT molecular complexity index is 342. The Morgan fingerprint density at radius 2 is 1.29 bits per heavy atom. The predicted molar refractivity (Wildman–Crippen MR) is 54.8 cm³/mol. The molecular formula is C8H6N4Se2. The molecule has 0 aromatic carbocycles. The molecule has 14 heavy (non-hydrogen) atoms. The van der Waals surface area contributed by atoms with Crippen molar-refractivity contribution < 1.29 is 0 Å². The molecule has 0 aliphatic heterocycles. The molecule has 70 valence electrons. The summed E-state index contributed by atoms with van der Waals surface area (Å²) in [4.78, 5) is 0. The van der Waals surface area contributed by atoms with Crippen LogP contribution in [0.5, 0.6) is 0 Å². The first-order valence-corrected chi connectivity index (χ1v) is 9.90. The Morgan fingerprint density at radius 3 is 1.64 bits per heavy atom. The summed E-state index contributed by atoms with van der Waals surface area (Å²) < 4.78 is 2.15. The van der Waals surface area contributed by atoms with Crippen LogP contribution in [0.15, 0.2) is 36.7 Å². The average Bonchev–Trinajstić information content (AvgIpc) is 2.29. The molecule has 0 aliphatic carbocycles. The minimum atomic E-state index is 0.358. The van der Waals surface area contributed by atoms with E-state index < -0.39 is 0 Å². The van der Waals surface area contributed by atoms with Crippen LogP contribution in [0.3, 0.4) is 0 Å². The van der Waals surface area contributed by atoms with Gasteiger partial charge in [-0.15, -0.1) is 0 Å². The monoisotopic (exact) mass is 318 g/mol. The summed E-state index contributed by atoms with van der Waals surface area (Å²) in [6.07, 6.45) is 3.38. The van der Waals surface area contributed by atoms with E-state index in [2.05, 4.69) is 20.4 Å². The third-order valence-electron chi connectivity index (χ3n) is 1.31. The summed E-state index contributed by atoms with van der Waals surface area (Å²) in [5, 5.41) is 15.8. The van der Waals surface area contributed by atoms with Gasteiger partial charge in [-0.3, -0.25) is 0 Å². The van der Waals surface area contributed by atoms with Gasteiger partial charge in [-0.1, -0.05) is 0 Å². The SMILES string of the molecule is c1cnnc([Se][Se]c2cccnn2)c1. The summed E-state index contributed by atoms with van der Waals surface area (Å²) in [5.41, 5.74) is 0. The topological polar surface area (TPSA) is 51.6 Å². The molecule has 0 amide bonds. The van der Waals surface area contributed by atoms with Gasteiger partial charge in [-0.2, -0.15) is 0 Å². The first-order chi connectivity index (χ1) is 6.95. The van der Waals surface area contributed by atoms with E-state index in [1.165, 1.54) is 0 Å². The predicted octanol–water partition coefficient (Wildman–Crippen LogP) is -1.46. The fourth-order valence-corrected chi connectivity index (χ4v) is 5.81. The molecule has 0 unspecified atom stereocenters. The van der Waals surface area contributed by atoms with Crippen molar-refractivity contribution >= 4 is 35.4 Å². The number of aromatic nitrogens is 4. The van der Waals surface area contributed by atoms with Gasteiger partial charge in [-0.05, 0) is 0 Å². The number of hydrogen-bond donors (Lipinski definition) is 0. The van der Waals surface area contributed by atoms with Crippen molar-refractivity contribution in [1.82, 2.24) is 20.4 Å². The second kappa shape index (κ2) is 5.17. The van der Waals surface area contributed by atoms with Crippen molar-refractivity contribution in [1.29, 1.82) is 0 Å². The molecule has 0 radical (unpaired) electrons. The van der Waals surface area contributed by atoms with E-state index in [4.69, 9.17) is 0 Å². The van der Waals surface area contributed by atoms with Crippen LogP contribution < -0.4 is 9.18 Å². The van der Waals surface area contributed by atoms with E-state index in [0.717, 1.165) is 9.18 Å². The second-order valence-electron chi connectivity index (χ2n) is 2.29. The molecule has 2 aromatic rings.